The molecular weight excluding hydrogens is 257 g/mol. The van der Waals surface area contributed by atoms with Crippen LogP contribution in [0, 0.1) is 5.38 Å². The van der Waals surface area contributed by atoms with Crippen LogP contribution in [0.25, 0.3) is 11.1 Å². The number of alkyl halides is 3. The summed E-state index contributed by atoms with van der Waals surface area (Å²) in [6.07, 6.45) is -4.39. The van der Waals surface area contributed by atoms with Gasteiger partial charge in [0.25, 0.3) is 0 Å². The molecule has 0 bridgehead atoms. The molecule has 1 aromatic heterocycles. The number of halogens is 4. The number of hydrogen-bond acceptors (Lipinski definition) is 1. The van der Waals surface area contributed by atoms with Crippen LogP contribution in [0.3, 0.4) is 0 Å². The molecule has 0 aliphatic heterocycles. The molecule has 0 fully saturated rings. The van der Waals surface area contributed by atoms with Crippen molar-refractivity contribution in [1.29, 1.82) is 0 Å². The molecule has 0 nitrogen and oxygen atoms in total. The molecule has 1 radical (unpaired) electrons. The lowest BCUT2D eigenvalue weighted by atomic mass is 10.1. The van der Waals surface area contributed by atoms with E-state index in [4.69, 9.17) is 11.6 Å². The van der Waals surface area contributed by atoms with Crippen molar-refractivity contribution in [2.75, 3.05) is 0 Å². The van der Waals surface area contributed by atoms with Crippen LogP contribution in [0.4, 0.5) is 13.2 Å². The van der Waals surface area contributed by atoms with E-state index in [0.29, 0.717) is 16.9 Å². The zero-order valence-corrected chi connectivity index (χ0v) is 9.38. The van der Waals surface area contributed by atoms with Gasteiger partial charge in [0.2, 0.25) is 0 Å². The quantitative estimate of drug-likeness (QED) is 0.686. The zero-order valence-electron chi connectivity index (χ0n) is 7.81. The lowest BCUT2D eigenvalue weighted by molar-refractivity contribution is -0.133. The van der Waals surface area contributed by atoms with Gasteiger partial charge in [-0.1, -0.05) is 41.9 Å². The van der Waals surface area contributed by atoms with Gasteiger partial charge >= 0.3 is 6.18 Å². The first-order chi connectivity index (χ1) is 7.50. The number of hydrogen-bond donors (Lipinski definition) is 0. The van der Waals surface area contributed by atoms with Crippen molar-refractivity contribution >= 4 is 22.9 Å². The van der Waals surface area contributed by atoms with Crippen molar-refractivity contribution in [2.24, 2.45) is 0 Å². The van der Waals surface area contributed by atoms with Crippen LogP contribution >= 0.6 is 22.9 Å². The topological polar surface area (TPSA) is 0 Å². The molecule has 16 heavy (non-hydrogen) atoms. The Labute approximate surface area is 99.3 Å². The highest BCUT2D eigenvalue weighted by molar-refractivity contribution is 7.10. The van der Waals surface area contributed by atoms with E-state index in [0.717, 1.165) is 0 Å². The highest BCUT2D eigenvalue weighted by Crippen LogP contribution is 2.44. The van der Waals surface area contributed by atoms with Gasteiger partial charge in [0.15, 0.2) is 0 Å². The Morgan fingerprint density at radius 3 is 2.31 bits per heavy atom. The maximum atomic E-state index is 12.7. The molecule has 0 atom stereocenters. The summed E-state index contributed by atoms with van der Waals surface area (Å²) in [6, 6.07) is 8.27. The minimum absolute atomic E-state index is 0.0137. The van der Waals surface area contributed by atoms with Crippen molar-refractivity contribution in [3.63, 3.8) is 0 Å². The van der Waals surface area contributed by atoms with E-state index in [1.54, 1.807) is 30.3 Å². The van der Waals surface area contributed by atoms with Crippen molar-refractivity contribution < 1.29 is 13.2 Å². The minimum Gasteiger partial charge on any atom is -0.165 e. The summed E-state index contributed by atoms with van der Waals surface area (Å²) in [4.78, 5) is -0.705. The molecule has 1 aromatic carbocycles. The van der Waals surface area contributed by atoms with E-state index < -0.39 is 11.1 Å². The SMILES string of the molecule is FC(F)(F)c1s[c]c(Cl)c1-c1ccccc1. The number of thiophene rings is 1. The van der Waals surface area contributed by atoms with Crippen LogP contribution in [-0.2, 0) is 6.18 Å². The largest absolute Gasteiger partial charge is 0.426 e. The second-order valence-corrected chi connectivity index (χ2v) is 4.28. The van der Waals surface area contributed by atoms with Gasteiger partial charge in [-0.25, -0.2) is 0 Å². The summed E-state index contributed by atoms with van der Waals surface area (Å²) in [5.41, 5.74) is 0.470. The van der Waals surface area contributed by atoms with Crippen LogP contribution in [0.5, 0.6) is 0 Å². The molecule has 5 heteroatoms. The molecule has 2 aromatic rings. The molecular formula is C11H5ClF3S. The summed E-state index contributed by atoms with van der Waals surface area (Å²) in [5.74, 6) is 0. The summed E-state index contributed by atoms with van der Waals surface area (Å²) >= 11 is 6.24. The van der Waals surface area contributed by atoms with E-state index in [2.05, 4.69) is 5.38 Å². The standard InChI is InChI=1S/C11H5ClF3S/c12-8-6-16-10(11(13,14)15)9(8)7-4-2-1-3-5-7/h1-5H. The first kappa shape index (κ1) is 11.5. The number of rotatable bonds is 1. The van der Waals surface area contributed by atoms with E-state index >= 15 is 0 Å². The molecule has 0 spiro atoms. The van der Waals surface area contributed by atoms with Gasteiger partial charge in [0, 0.05) is 5.56 Å². The Hall–Kier alpha value is -1.00. The highest BCUT2D eigenvalue weighted by Gasteiger charge is 2.36. The molecule has 1 heterocycles. The lowest BCUT2D eigenvalue weighted by Gasteiger charge is -2.08. The monoisotopic (exact) mass is 261 g/mol. The van der Waals surface area contributed by atoms with E-state index in [9.17, 15) is 13.2 Å². The van der Waals surface area contributed by atoms with Crippen LogP contribution in [0.15, 0.2) is 30.3 Å². The van der Waals surface area contributed by atoms with Gasteiger partial charge in [-0.05, 0) is 5.56 Å². The smallest absolute Gasteiger partial charge is 0.165 e. The first-order valence-electron chi connectivity index (χ1n) is 4.32. The van der Waals surface area contributed by atoms with Gasteiger partial charge in [0.05, 0.1) is 10.4 Å². The van der Waals surface area contributed by atoms with Crippen molar-refractivity contribution in [3.8, 4) is 11.1 Å². The van der Waals surface area contributed by atoms with Crippen LogP contribution in [0.1, 0.15) is 4.88 Å². The van der Waals surface area contributed by atoms with Crippen molar-refractivity contribution in [1.82, 2.24) is 0 Å². The molecule has 0 aliphatic rings. The van der Waals surface area contributed by atoms with Gasteiger partial charge in [-0.3, -0.25) is 0 Å². The van der Waals surface area contributed by atoms with E-state index in [1.807, 2.05) is 0 Å². The maximum Gasteiger partial charge on any atom is 0.426 e. The lowest BCUT2D eigenvalue weighted by Crippen LogP contribution is -2.03. The normalized spacial score (nSPS) is 11.8. The summed E-state index contributed by atoms with van der Waals surface area (Å²) in [5, 5.41) is 2.45. The third-order valence-electron chi connectivity index (χ3n) is 2.01. The molecule has 0 saturated carbocycles. The van der Waals surface area contributed by atoms with Crippen LogP contribution in [-0.4, -0.2) is 0 Å². The molecule has 0 N–H and O–H groups in total. The first-order valence-corrected chi connectivity index (χ1v) is 5.52. The predicted molar refractivity (Wildman–Crippen MR) is 58.6 cm³/mol. The van der Waals surface area contributed by atoms with E-state index in [1.165, 1.54) is 0 Å². The fourth-order valence-electron chi connectivity index (χ4n) is 1.36. The van der Waals surface area contributed by atoms with Crippen molar-refractivity contribution in [3.05, 3.63) is 45.6 Å². The summed E-state index contributed by atoms with van der Waals surface area (Å²) < 4.78 is 38.0. The molecule has 2 rings (SSSR count). The summed E-state index contributed by atoms with van der Waals surface area (Å²) in [6.45, 7) is 0. The van der Waals surface area contributed by atoms with Gasteiger partial charge in [0.1, 0.15) is 4.88 Å². The zero-order chi connectivity index (χ0) is 11.8. The van der Waals surface area contributed by atoms with Crippen LogP contribution < -0.4 is 0 Å². The Kier molecular flexibility index (Phi) is 2.95. The average Bonchev–Trinajstić information content (AvgIpc) is 2.61. The number of benzene rings is 1. The second-order valence-electron chi connectivity index (χ2n) is 3.09. The molecule has 83 valence electrons. The predicted octanol–water partition coefficient (Wildman–Crippen LogP) is 4.89. The Morgan fingerprint density at radius 2 is 1.75 bits per heavy atom. The van der Waals surface area contributed by atoms with Crippen molar-refractivity contribution in [2.45, 2.75) is 6.18 Å². The third-order valence-corrected chi connectivity index (χ3v) is 3.35. The average molecular weight is 262 g/mol. The molecule has 0 unspecified atom stereocenters. The Balaban J connectivity index is 2.61. The Morgan fingerprint density at radius 1 is 1.12 bits per heavy atom. The molecule has 0 aliphatic carbocycles. The second kappa shape index (κ2) is 4.11. The van der Waals surface area contributed by atoms with E-state index in [-0.39, 0.29) is 10.6 Å². The third kappa shape index (κ3) is 2.08. The maximum absolute atomic E-state index is 12.7. The van der Waals surface area contributed by atoms with Gasteiger partial charge in [-0.15, -0.1) is 11.3 Å². The fraction of sp³-hybridized carbons (Fsp3) is 0.0909. The minimum atomic E-state index is -4.39. The fourth-order valence-corrected chi connectivity index (χ4v) is 2.47. The van der Waals surface area contributed by atoms with Gasteiger partial charge in [-0.2, -0.15) is 13.2 Å². The molecule has 0 amide bonds. The molecule has 0 saturated heterocycles. The highest BCUT2D eigenvalue weighted by atomic mass is 35.5. The van der Waals surface area contributed by atoms with Crippen LogP contribution in [0.2, 0.25) is 5.02 Å². The summed E-state index contributed by atoms with van der Waals surface area (Å²) in [7, 11) is 0. The van der Waals surface area contributed by atoms with Gasteiger partial charge < -0.3 is 0 Å². The Bertz CT molecular complexity index is 488.